The lowest BCUT2D eigenvalue weighted by Crippen LogP contribution is -2.48. The summed E-state index contributed by atoms with van der Waals surface area (Å²) in [4.78, 5) is 25.1. The summed E-state index contributed by atoms with van der Waals surface area (Å²) in [5, 5.41) is 7.33. The maximum atomic E-state index is 12.6. The van der Waals surface area contributed by atoms with E-state index < -0.39 is 17.9 Å². The van der Waals surface area contributed by atoms with Crippen molar-refractivity contribution >= 4 is 41.2 Å². The van der Waals surface area contributed by atoms with E-state index in [0.717, 1.165) is 5.56 Å². The molecule has 0 aliphatic rings. The molecule has 6 nitrogen and oxygen atoms in total. The van der Waals surface area contributed by atoms with Crippen LogP contribution in [0.1, 0.15) is 43.6 Å². The highest BCUT2D eigenvalue weighted by atomic mass is 35.5. The fourth-order valence-electron chi connectivity index (χ4n) is 2.58. The minimum absolute atomic E-state index is 0.0582. The van der Waals surface area contributed by atoms with Crippen LogP contribution in [-0.2, 0) is 4.79 Å². The Morgan fingerprint density at radius 2 is 1.77 bits per heavy atom. The monoisotopic (exact) mass is 449 g/mol. The number of ether oxygens (including phenoxy) is 1. The molecule has 0 radical (unpaired) electrons. The van der Waals surface area contributed by atoms with Crippen LogP contribution in [0.15, 0.2) is 47.6 Å². The Morgan fingerprint density at radius 1 is 1.03 bits per heavy atom. The summed E-state index contributed by atoms with van der Waals surface area (Å²) in [6, 6.07) is 11.1. The lowest BCUT2D eigenvalue weighted by Gasteiger charge is -2.20. The summed E-state index contributed by atoms with van der Waals surface area (Å²) in [7, 11) is 0. The largest absolute Gasteiger partial charge is 0.491 e. The molecule has 2 amide bonds. The lowest BCUT2D eigenvalue weighted by molar-refractivity contribution is -0.123. The standard InChI is InChI=1S/C22H25Cl2N3O3/c1-13(2)20(26-21(28)16-8-9-18(23)19(24)11-16)22(29)27-25-12-15-6-5-7-17(10-15)30-14(3)4/h5-14,20H,1-4H3,(H,26,28)(H,27,29). The molecule has 2 aromatic carbocycles. The van der Waals surface area contributed by atoms with Gasteiger partial charge in [0.15, 0.2) is 0 Å². The number of amides is 2. The van der Waals surface area contributed by atoms with Crippen LogP contribution >= 0.6 is 23.2 Å². The van der Waals surface area contributed by atoms with Crippen molar-refractivity contribution in [3.63, 3.8) is 0 Å². The molecule has 1 unspecified atom stereocenters. The third-order valence-corrected chi connectivity index (χ3v) is 4.77. The molecule has 0 aliphatic heterocycles. The maximum absolute atomic E-state index is 12.6. The highest BCUT2D eigenvalue weighted by Crippen LogP contribution is 2.22. The van der Waals surface area contributed by atoms with Crippen molar-refractivity contribution in [3.05, 3.63) is 63.6 Å². The summed E-state index contributed by atoms with van der Waals surface area (Å²) in [5.74, 6) is -0.293. The molecular weight excluding hydrogens is 425 g/mol. The molecule has 8 heteroatoms. The highest BCUT2D eigenvalue weighted by molar-refractivity contribution is 6.42. The normalized spacial score (nSPS) is 12.3. The predicted molar refractivity (Wildman–Crippen MR) is 120 cm³/mol. The van der Waals surface area contributed by atoms with Crippen LogP contribution in [0.2, 0.25) is 10.0 Å². The van der Waals surface area contributed by atoms with Gasteiger partial charge in [0.2, 0.25) is 0 Å². The molecule has 30 heavy (non-hydrogen) atoms. The first kappa shape index (κ1) is 23.7. The SMILES string of the molecule is CC(C)Oc1cccc(C=NNC(=O)C(NC(=O)c2ccc(Cl)c(Cl)c2)C(C)C)c1. The van der Waals surface area contributed by atoms with E-state index in [1.54, 1.807) is 6.07 Å². The van der Waals surface area contributed by atoms with E-state index in [1.807, 2.05) is 52.0 Å². The van der Waals surface area contributed by atoms with Crippen LogP contribution in [0.5, 0.6) is 5.75 Å². The Hall–Kier alpha value is -2.57. The minimum atomic E-state index is -0.778. The van der Waals surface area contributed by atoms with Gasteiger partial charge in [-0.05, 0) is 55.7 Å². The first-order chi connectivity index (χ1) is 14.2. The fourth-order valence-corrected chi connectivity index (χ4v) is 2.88. The molecule has 0 fully saturated rings. The molecule has 0 heterocycles. The maximum Gasteiger partial charge on any atom is 0.262 e. The predicted octanol–water partition coefficient (Wildman–Crippen LogP) is 4.69. The second-order valence-corrected chi connectivity index (χ2v) is 8.11. The third kappa shape index (κ3) is 7.04. The Kier molecular flexibility index (Phi) is 8.69. The average Bonchev–Trinajstić information content (AvgIpc) is 2.67. The van der Waals surface area contributed by atoms with Crippen LogP contribution in [0.25, 0.3) is 0 Å². The summed E-state index contributed by atoms with van der Waals surface area (Å²) in [6.45, 7) is 7.55. The van der Waals surface area contributed by atoms with Crippen molar-refractivity contribution in [1.82, 2.24) is 10.7 Å². The number of nitrogens with one attached hydrogen (secondary N) is 2. The van der Waals surface area contributed by atoms with Crippen LogP contribution in [0.4, 0.5) is 0 Å². The topological polar surface area (TPSA) is 79.8 Å². The first-order valence-corrected chi connectivity index (χ1v) is 10.3. The van der Waals surface area contributed by atoms with Gasteiger partial charge in [-0.2, -0.15) is 5.10 Å². The Bertz CT molecular complexity index is 930. The number of hydrazone groups is 1. The average molecular weight is 450 g/mol. The van der Waals surface area contributed by atoms with Crippen LogP contribution in [0.3, 0.4) is 0 Å². The van der Waals surface area contributed by atoms with Crippen LogP contribution < -0.4 is 15.5 Å². The molecular formula is C22H25Cl2N3O3. The smallest absolute Gasteiger partial charge is 0.262 e. The van der Waals surface area contributed by atoms with Crippen LogP contribution in [0, 0.1) is 5.92 Å². The van der Waals surface area contributed by atoms with Gasteiger partial charge in [-0.3, -0.25) is 9.59 Å². The number of nitrogens with zero attached hydrogens (tertiary/aromatic N) is 1. The molecule has 0 aromatic heterocycles. The first-order valence-electron chi connectivity index (χ1n) is 9.53. The van der Waals surface area contributed by atoms with Gasteiger partial charge in [0.1, 0.15) is 11.8 Å². The van der Waals surface area contributed by atoms with E-state index in [-0.39, 0.29) is 17.0 Å². The van der Waals surface area contributed by atoms with E-state index in [9.17, 15) is 9.59 Å². The molecule has 160 valence electrons. The Morgan fingerprint density at radius 3 is 2.40 bits per heavy atom. The number of hydrogen-bond acceptors (Lipinski definition) is 4. The van der Waals surface area contributed by atoms with E-state index in [0.29, 0.717) is 16.3 Å². The van der Waals surface area contributed by atoms with Gasteiger partial charge in [-0.1, -0.05) is 49.2 Å². The number of carbonyl (C=O) groups excluding carboxylic acids is 2. The number of hydrogen-bond donors (Lipinski definition) is 2. The second kappa shape index (κ2) is 11.0. The summed E-state index contributed by atoms with van der Waals surface area (Å²) < 4.78 is 5.64. The molecule has 0 aliphatic carbocycles. The molecule has 2 rings (SSSR count). The molecule has 0 bridgehead atoms. The van der Waals surface area contributed by atoms with Crippen molar-refractivity contribution in [2.45, 2.75) is 39.8 Å². The van der Waals surface area contributed by atoms with E-state index in [1.165, 1.54) is 18.3 Å². The van der Waals surface area contributed by atoms with E-state index in [4.69, 9.17) is 27.9 Å². The summed E-state index contributed by atoms with van der Waals surface area (Å²) >= 11 is 11.8. The van der Waals surface area contributed by atoms with Crippen molar-refractivity contribution in [3.8, 4) is 5.75 Å². The van der Waals surface area contributed by atoms with Crippen molar-refractivity contribution in [2.24, 2.45) is 11.0 Å². The van der Waals surface area contributed by atoms with Gasteiger partial charge in [0.05, 0.1) is 22.4 Å². The number of carbonyl (C=O) groups is 2. The van der Waals surface area contributed by atoms with Gasteiger partial charge < -0.3 is 10.1 Å². The minimum Gasteiger partial charge on any atom is -0.491 e. The van der Waals surface area contributed by atoms with E-state index in [2.05, 4.69) is 15.8 Å². The third-order valence-electron chi connectivity index (χ3n) is 4.04. The van der Waals surface area contributed by atoms with Gasteiger partial charge >= 0.3 is 0 Å². The van der Waals surface area contributed by atoms with Gasteiger partial charge in [0.25, 0.3) is 11.8 Å². The fraction of sp³-hybridized carbons (Fsp3) is 0.318. The van der Waals surface area contributed by atoms with E-state index >= 15 is 0 Å². The lowest BCUT2D eigenvalue weighted by atomic mass is 10.0. The van der Waals surface area contributed by atoms with Crippen molar-refractivity contribution < 1.29 is 14.3 Å². The zero-order valence-corrected chi connectivity index (χ0v) is 18.8. The Labute approximate surface area is 186 Å². The Balaban J connectivity index is 2.02. The van der Waals surface area contributed by atoms with Crippen molar-refractivity contribution in [2.75, 3.05) is 0 Å². The van der Waals surface area contributed by atoms with Crippen LogP contribution in [-0.4, -0.2) is 30.2 Å². The van der Waals surface area contributed by atoms with Crippen molar-refractivity contribution in [1.29, 1.82) is 0 Å². The molecule has 0 spiro atoms. The highest BCUT2D eigenvalue weighted by Gasteiger charge is 2.24. The summed E-state index contributed by atoms with van der Waals surface area (Å²) in [5.41, 5.74) is 3.56. The number of benzene rings is 2. The summed E-state index contributed by atoms with van der Waals surface area (Å²) in [6.07, 6.45) is 1.58. The molecule has 1 atom stereocenters. The van der Waals surface area contributed by atoms with Gasteiger partial charge in [0, 0.05) is 5.56 Å². The molecule has 2 N–H and O–H groups in total. The molecule has 0 saturated carbocycles. The quantitative estimate of drug-likeness (QED) is 0.453. The van der Waals surface area contributed by atoms with Gasteiger partial charge in [-0.25, -0.2) is 5.43 Å². The second-order valence-electron chi connectivity index (χ2n) is 7.30. The zero-order chi connectivity index (χ0) is 22.3. The number of rotatable bonds is 8. The molecule has 0 saturated heterocycles. The number of halogens is 2. The zero-order valence-electron chi connectivity index (χ0n) is 17.3. The van der Waals surface area contributed by atoms with Gasteiger partial charge in [-0.15, -0.1) is 0 Å². The molecule has 2 aromatic rings.